The van der Waals surface area contributed by atoms with Crippen LogP contribution in [0.2, 0.25) is 0 Å². The molecule has 1 amide bonds. The van der Waals surface area contributed by atoms with Gasteiger partial charge < -0.3 is 24.4 Å². The highest BCUT2D eigenvalue weighted by Gasteiger charge is 2.27. The molecule has 2 aromatic carbocycles. The second kappa shape index (κ2) is 13.8. The molecule has 2 saturated heterocycles. The van der Waals surface area contributed by atoms with Gasteiger partial charge in [-0.2, -0.15) is 4.37 Å². The average Bonchev–Trinajstić information content (AvgIpc) is 3.65. The maximum Gasteiger partial charge on any atom is 0.254 e. The number of piperazine rings is 1. The van der Waals surface area contributed by atoms with E-state index in [1.54, 1.807) is 33.5 Å². The highest BCUT2D eigenvalue weighted by Crippen LogP contribution is 2.38. The second-order valence-corrected chi connectivity index (χ2v) is 11.9. The van der Waals surface area contributed by atoms with Gasteiger partial charge in [0.25, 0.3) is 5.91 Å². The summed E-state index contributed by atoms with van der Waals surface area (Å²) in [5.74, 6) is 2.18. The zero-order chi connectivity index (χ0) is 28.8. The van der Waals surface area contributed by atoms with Crippen molar-refractivity contribution in [1.29, 1.82) is 0 Å². The van der Waals surface area contributed by atoms with Gasteiger partial charge in [0.2, 0.25) is 10.9 Å². The molecular weight excluding hydrogens is 608 g/mol. The van der Waals surface area contributed by atoms with E-state index in [-0.39, 0.29) is 5.91 Å². The maximum absolute atomic E-state index is 13.2. The molecule has 12 heteroatoms. The molecule has 10 nitrogen and oxygen atoms in total. The standard InChI is InChI=1S/C29H37BrN6O4S/c1-38-24-15-21(16-25(39-2)27(24)40-3)28(37)35-13-11-34(12-14-35)19-26-32-29(41-33-26)31-17-23-5-4-10-36(23)18-20-6-8-22(30)9-7-20/h6-9,15-16,23H,4-5,10-14,17-19H2,1-3H3,(H,31,32,33)/t23-/m0/s1. The number of amides is 1. The van der Waals surface area contributed by atoms with Gasteiger partial charge in [-0.3, -0.25) is 14.6 Å². The van der Waals surface area contributed by atoms with Crippen molar-refractivity contribution in [1.82, 2.24) is 24.1 Å². The quantitative estimate of drug-likeness (QED) is 0.327. The van der Waals surface area contributed by atoms with E-state index in [4.69, 9.17) is 19.2 Å². The van der Waals surface area contributed by atoms with Crippen LogP contribution in [-0.2, 0) is 13.1 Å². The molecule has 3 aromatic rings. The van der Waals surface area contributed by atoms with Crippen molar-refractivity contribution in [3.63, 3.8) is 0 Å². The summed E-state index contributed by atoms with van der Waals surface area (Å²) < 4.78 is 21.9. The number of ether oxygens (including phenoxy) is 3. The van der Waals surface area contributed by atoms with Gasteiger partial charge in [-0.25, -0.2) is 4.98 Å². The van der Waals surface area contributed by atoms with Crippen molar-refractivity contribution in [3.8, 4) is 17.2 Å². The van der Waals surface area contributed by atoms with Gasteiger partial charge in [-0.05, 0) is 49.2 Å². The fourth-order valence-corrected chi connectivity index (χ4v) is 6.30. The molecule has 1 atom stereocenters. The molecule has 1 aromatic heterocycles. The number of rotatable bonds is 11. The number of aromatic nitrogens is 2. The molecule has 3 heterocycles. The second-order valence-electron chi connectivity index (χ2n) is 10.3. The minimum atomic E-state index is -0.0525. The molecule has 0 unspecified atom stereocenters. The summed E-state index contributed by atoms with van der Waals surface area (Å²) in [6.45, 7) is 6.39. The van der Waals surface area contributed by atoms with Crippen molar-refractivity contribution >= 4 is 38.5 Å². The van der Waals surface area contributed by atoms with E-state index >= 15 is 0 Å². The average molecular weight is 646 g/mol. The molecule has 0 spiro atoms. The largest absolute Gasteiger partial charge is 0.493 e. The van der Waals surface area contributed by atoms with Crippen molar-refractivity contribution in [2.75, 3.05) is 65.9 Å². The summed E-state index contributed by atoms with van der Waals surface area (Å²) in [6.07, 6.45) is 2.41. The van der Waals surface area contributed by atoms with Gasteiger partial charge in [0.15, 0.2) is 17.3 Å². The summed E-state index contributed by atoms with van der Waals surface area (Å²) in [4.78, 5) is 24.7. The summed E-state index contributed by atoms with van der Waals surface area (Å²) >= 11 is 4.94. The fraction of sp³-hybridized carbons (Fsp3) is 0.483. The van der Waals surface area contributed by atoms with E-state index in [0.29, 0.717) is 48.5 Å². The number of benzene rings is 2. The number of hydrogen-bond donors (Lipinski definition) is 1. The Kier molecular flexibility index (Phi) is 9.97. The van der Waals surface area contributed by atoms with Crippen LogP contribution < -0.4 is 19.5 Å². The smallest absolute Gasteiger partial charge is 0.254 e. The van der Waals surface area contributed by atoms with Crippen molar-refractivity contribution in [3.05, 3.63) is 57.8 Å². The van der Waals surface area contributed by atoms with Crippen LogP contribution in [0.1, 0.15) is 34.6 Å². The summed E-state index contributed by atoms with van der Waals surface area (Å²) in [5, 5.41) is 4.40. The van der Waals surface area contributed by atoms with E-state index < -0.39 is 0 Å². The SMILES string of the molecule is COc1cc(C(=O)N2CCN(Cc3nsc(NC[C@@H]4CCCN4Cc4ccc(Br)cc4)n3)CC2)cc(OC)c1OC. The highest BCUT2D eigenvalue weighted by molar-refractivity contribution is 9.10. The number of carbonyl (C=O) groups excluding carboxylic acids is 1. The van der Waals surface area contributed by atoms with Crippen LogP contribution >= 0.6 is 27.5 Å². The Morgan fingerprint density at radius 1 is 1.00 bits per heavy atom. The molecule has 41 heavy (non-hydrogen) atoms. The molecular formula is C29H37BrN6O4S. The monoisotopic (exact) mass is 644 g/mol. The van der Waals surface area contributed by atoms with E-state index in [9.17, 15) is 4.79 Å². The molecule has 5 rings (SSSR count). The Hall–Kier alpha value is -2.93. The van der Waals surface area contributed by atoms with Gasteiger partial charge in [-0.15, -0.1) is 0 Å². The topological polar surface area (TPSA) is 92.3 Å². The van der Waals surface area contributed by atoms with Gasteiger partial charge in [0.05, 0.1) is 27.9 Å². The Labute approximate surface area is 253 Å². The summed E-state index contributed by atoms with van der Waals surface area (Å²) in [5.41, 5.74) is 1.85. The molecule has 0 bridgehead atoms. The van der Waals surface area contributed by atoms with E-state index in [1.165, 1.54) is 29.9 Å². The molecule has 2 aliphatic rings. The van der Waals surface area contributed by atoms with Crippen LogP contribution in [0.25, 0.3) is 0 Å². The van der Waals surface area contributed by atoms with Crippen LogP contribution in [0, 0.1) is 0 Å². The third-order valence-electron chi connectivity index (χ3n) is 7.69. The van der Waals surface area contributed by atoms with Crippen LogP contribution in [0.4, 0.5) is 5.13 Å². The first-order chi connectivity index (χ1) is 20.0. The van der Waals surface area contributed by atoms with Gasteiger partial charge >= 0.3 is 0 Å². The summed E-state index contributed by atoms with van der Waals surface area (Å²) in [7, 11) is 4.64. The predicted molar refractivity (Wildman–Crippen MR) is 163 cm³/mol. The zero-order valence-corrected chi connectivity index (χ0v) is 26.2. The van der Waals surface area contributed by atoms with Crippen molar-refractivity contribution in [2.45, 2.75) is 32.0 Å². The third-order valence-corrected chi connectivity index (χ3v) is 8.93. The van der Waals surface area contributed by atoms with E-state index in [1.807, 2.05) is 4.90 Å². The third kappa shape index (κ3) is 7.29. The maximum atomic E-state index is 13.2. The predicted octanol–water partition coefficient (Wildman–Crippen LogP) is 4.36. The number of anilines is 1. The normalized spacial score (nSPS) is 18.0. The van der Waals surface area contributed by atoms with Crippen LogP contribution in [0.15, 0.2) is 40.9 Å². The molecule has 0 radical (unpaired) electrons. The molecule has 0 aliphatic carbocycles. The van der Waals surface area contributed by atoms with Gasteiger partial charge in [-0.1, -0.05) is 28.1 Å². The van der Waals surface area contributed by atoms with Crippen molar-refractivity contribution < 1.29 is 19.0 Å². The summed E-state index contributed by atoms with van der Waals surface area (Å²) in [6, 6.07) is 12.5. The number of nitrogens with one attached hydrogen (secondary N) is 1. The number of carbonyl (C=O) groups is 1. The first-order valence-electron chi connectivity index (χ1n) is 13.8. The number of nitrogens with zero attached hydrogens (tertiary/aromatic N) is 5. The van der Waals surface area contributed by atoms with Crippen molar-refractivity contribution in [2.24, 2.45) is 0 Å². The number of methoxy groups -OCH3 is 3. The first kappa shape index (κ1) is 29.6. The lowest BCUT2D eigenvalue weighted by atomic mass is 10.1. The number of hydrogen-bond acceptors (Lipinski definition) is 10. The van der Waals surface area contributed by atoms with E-state index in [2.05, 4.69) is 59.7 Å². The van der Waals surface area contributed by atoms with Gasteiger partial charge in [0, 0.05) is 66.9 Å². The highest BCUT2D eigenvalue weighted by atomic mass is 79.9. The Balaban J connectivity index is 1.09. The van der Waals surface area contributed by atoms with Crippen LogP contribution in [0.5, 0.6) is 17.2 Å². The number of halogens is 1. The molecule has 220 valence electrons. The lowest BCUT2D eigenvalue weighted by Gasteiger charge is -2.34. The molecule has 2 aliphatic heterocycles. The molecule has 1 N–H and O–H groups in total. The Morgan fingerprint density at radius 3 is 2.37 bits per heavy atom. The Morgan fingerprint density at radius 2 is 1.71 bits per heavy atom. The zero-order valence-electron chi connectivity index (χ0n) is 23.8. The first-order valence-corrected chi connectivity index (χ1v) is 15.4. The molecule has 2 fully saturated rings. The number of likely N-dealkylation sites (tertiary alicyclic amines) is 1. The van der Waals surface area contributed by atoms with Gasteiger partial charge in [0.1, 0.15) is 0 Å². The van der Waals surface area contributed by atoms with Crippen LogP contribution in [0.3, 0.4) is 0 Å². The molecule has 0 saturated carbocycles. The lowest BCUT2D eigenvalue weighted by Crippen LogP contribution is -2.48. The lowest BCUT2D eigenvalue weighted by molar-refractivity contribution is 0.0625. The minimum Gasteiger partial charge on any atom is -0.493 e. The van der Waals surface area contributed by atoms with E-state index in [0.717, 1.165) is 48.2 Å². The fourth-order valence-electron chi connectivity index (χ4n) is 5.45. The minimum absolute atomic E-state index is 0.0525. The van der Waals surface area contributed by atoms with Crippen LogP contribution in [-0.4, -0.2) is 96.6 Å². The Bertz CT molecular complexity index is 1290.